The molecule has 21 heavy (non-hydrogen) atoms. The lowest BCUT2D eigenvalue weighted by atomic mass is 10.1. The summed E-state index contributed by atoms with van der Waals surface area (Å²) in [6.45, 7) is 4.80. The third-order valence-electron chi connectivity index (χ3n) is 3.24. The van der Waals surface area contributed by atoms with E-state index < -0.39 is 0 Å². The first-order valence-electron chi connectivity index (χ1n) is 7.59. The number of alkyl halides is 1. The second-order valence-corrected chi connectivity index (χ2v) is 5.75. The van der Waals surface area contributed by atoms with E-state index in [0.717, 1.165) is 54.0 Å². The molecular weight excluding hydrogens is 284 g/mol. The van der Waals surface area contributed by atoms with Gasteiger partial charge in [-0.05, 0) is 45.2 Å². The highest BCUT2D eigenvalue weighted by molar-refractivity contribution is 6.17. The van der Waals surface area contributed by atoms with E-state index in [4.69, 9.17) is 21.1 Å². The SMILES string of the molecule is CC(C)Oc1ccc(OCCCCCCl)c2ccccc12. The molecule has 0 aliphatic heterocycles. The fraction of sp³-hybridized carbons (Fsp3) is 0.444. The first-order valence-corrected chi connectivity index (χ1v) is 8.13. The molecule has 3 heteroatoms. The van der Waals surface area contributed by atoms with Crippen molar-refractivity contribution in [1.82, 2.24) is 0 Å². The zero-order valence-corrected chi connectivity index (χ0v) is 13.5. The van der Waals surface area contributed by atoms with Gasteiger partial charge < -0.3 is 9.47 Å². The molecule has 0 aliphatic rings. The molecule has 0 aromatic heterocycles. The molecule has 2 aromatic carbocycles. The van der Waals surface area contributed by atoms with Crippen LogP contribution in [0, 0.1) is 0 Å². The molecule has 2 nitrogen and oxygen atoms in total. The van der Waals surface area contributed by atoms with Gasteiger partial charge in [0.1, 0.15) is 11.5 Å². The van der Waals surface area contributed by atoms with Gasteiger partial charge in [-0.1, -0.05) is 24.3 Å². The summed E-state index contributed by atoms with van der Waals surface area (Å²) in [4.78, 5) is 0. The number of benzene rings is 2. The van der Waals surface area contributed by atoms with E-state index in [0.29, 0.717) is 0 Å². The Labute approximate surface area is 132 Å². The lowest BCUT2D eigenvalue weighted by Gasteiger charge is -2.15. The maximum Gasteiger partial charge on any atom is 0.127 e. The van der Waals surface area contributed by atoms with Crippen molar-refractivity contribution in [1.29, 1.82) is 0 Å². The summed E-state index contributed by atoms with van der Waals surface area (Å²) < 4.78 is 11.8. The second-order valence-electron chi connectivity index (χ2n) is 5.37. The molecule has 0 fully saturated rings. The molecular formula is C18H23ClO2. The number of unbranched alkanes of at least 4 members (excludes halogenated alkanes) is 2. The minimum Gasteiger partial charge on any atom is -0.493 e. The minimum absolute atomic E-state index is 0.163. The zero-order chi connectivity index (χ0) is 15.1. The lowest BCUT2D eigenvalue weighted by molar-refractivity contribution is 0.245. The van der Waals surface area contributed by atoms with Crippen LogP contribution in [0.4, 0.5) is 0 Å². The van der Waals surface area contributed by atoms with Crippen molar-refractivity contribution in [2.45, 2.75) is 39.2 Å². The van der Waals surface area contributed by atoms with Crippen molar-refractivity contribution in [3.8, 4) is 11.5 Å². The van der Waals surface area contributed by atoms with Gasteiger partial charge in [-0.2, -0.15) is 0 Å². The largest absolute Gasteiger partial charge is 0.493 e. The normalized spacial score (nSPS) is 11.0. The summed E-state index contributed by atoms with van der Waals surface area (Å²) in [5.74, 6) is 2.56. The van der Waals surface area contributed by atoms with E-state index in [1.165, 1.54) is 0 Å². The highest BCUT2D eigenvalue weighted by Gasteiger charge is 2.08. The standard InChI is InChI=1S/C18H23ClO2/c1-14(2)21-18-11-10-17(20-13-7-3-6-12-19)15-8-4-5-9-16(15)18/h4-5,8-11,14H,3,6-7,12-13H2,1-2H3. The summed E-state index contributed by atoms with van der Waals surface area (Å²) in [5.41, 5.74) is 0. The Balaban J connectivity index is 2.14. The Kier molecular flexibility index (Phi) is 6.19. The zero-order valence-electron chi connectivity index (χ0n) is 12.8. The molecule has 0 unspecified atom stereocenters. The van der Waals surface area contributed by atoms with E-state index >= 15 is 0 Å². The van der Waals surface area contributed by atoms with E-state index in [9.17, 15) is 0 Å². The summed E-state index contributed by atoms with van der Waals surface area (Å²) >= 11 is 5.68. The van der Waals surface area contributed by atoms with Crippen molar-refractivity contribution in [2.24, 2.45) is 0 Å². The van der Waals surface area contributed by atoms with Crippen LogP contribution in [0.2, 0.25) is 0 Å². The van der Waals surface area contributed by atoms with Crippen LogP contribution in [0.15, 0.2) is 36.4 Å². The molecule has 2 aromatic rings. The first kappa shape index (κ1) is 16.0. The lowest BCUT2D eigenvalue weighted by Crippen LogP contribution is -2.06. The third-order valence-corrected chi connectivity index (χ3v) is 3.51. The Morgan fingerprint density at radius 1 is 0.905 bits per heavy atom. The Morgan fingerprint density at radius 2 is 1.57 bits per heavy atom. The third kappa shape index (κ3) is 4.53. The number of hydrogen-bond acceptors (Lipinski definition) is 2. The van der Waals surface area contributed by atoms with Crippen molar-refractivity contribution in [3.63, 3.8) is 0 Å². The number of hydrogen-bond donors (Lipinski definition) is 0. The summed E-state index contributed by atoms with van der Waals surface area (Å²) in [7, 11) is 0. The van der Waals surface area contributed by atoms with Gasteiger partial charge in [0.15, 0.2) is 0 Å². The average molecular weight is 307 g/mol. The second kappa shape index (κ2) is 8.14. The Morgan fingerprint density at radius 3 is 2.24 bits per heavy atom. The van der Waals surface area contributed by atoms with Crippen LogP contribution in [-0.2, 0) is 0 Å². The minimum atomic E-state index is 0.163. The van der Waals surface area contributed by atoms with Crippen LogP contribution in [0.25, 0.3) is 10.8 Å². The fourth-order valence-corrected chi connectivity index (χ4v) is 2.47. The van der Waals surface area contributed by atoms with Crippen molar-refractivity contribution in [3.05, 3.63) is 36.4 Å². The van der Waals surface area contributed by atoms with Gasteiger partial charge in [0.25, 0.3) is 0 Å². The van der Waals surface area contributed by atoms with Gasteiger partial charge in [-0.15, -0.1) is 11.6 Å². The molecule has 0 radical (unpaired) electrons. The molecule has 0 saturated carbocycles. The van der Waals surface area contributed by atoms with Gasteiger partial charge in [0.05, 0.1) is 12.7 Å². The van der Waals surface area contributed by atoms with Crippen molar-refractivity contribution >= 4 is 22.4 Å². The summed E-state index contributed by atoms with van der Waals surface area (Å²) in [6, 6.07) is 12.2. The van der Waals surface area contributed by atoms with E-state index in [-0.39, 0.29) is 6.10 Å². The van der Waals surface area contributed by atoms with E-state index in [2.05, 4.69) is 12.1 Å². The smallest absolute Gasteiger partial charge is 0.127 e. The first-order chi connectivity index (χ1) is 10.2. The summed E-state index contributed by atoms with van der Waals surface area (Å²) in [5, 5.41) is 2.21. The van der Waals surface area contributed by atoms with Crippen LogP contribution < -0.4 is 9.47 Å². The molecule has 0 bridgehead atoms. The predicted octanol–water partition coefficient (Wildman–Crippen LogP) is 5.41. The van der Waals surface area contributed by atoms with Gasteiger partial charge in [0.2, 0.25) is 0 Å². The van der Waals surface area contributed by atoms with Crippen LogP contribution in [-0.4, -0.2) is 18.6 Å². The number of ether oxygens (including phenoxy) is 2. The quantitative estimate of drug-likeness (QED) is 0.479. The van der Waals surface area contributed by atoms with Crippen molar-refractivity contribution < 1.29 is 9.47 Å². The van der Waals surface area contributed by atoms with Gasteiger partial charge in [-0.3, -0.25) is 0 Å². The van der Waals surface area contributed by atoms with E-state index in [1.54, 1.807) is 0 Å². The highest BCUT2D eigenvalue weighted by Crippen LogP contribution is 2.33. The Hall–Kier alpha value is -1.41. The molecule has 0 amide bonds. The molecule has 0 aliphatic carbocycles. The molecule has 114 valence electrons. The monoisotopic (exact) mass is 306 g/mol. The Bertz CT molecular complexity index is 566. The predicted molar refractivity (Wildman–Crippen MR) is 89.8 cm³/mol. The van der Waals surface area contributed by atoms with Crippen LogP contribution in [0.3, 0.4) is 0 Å². The molecule has 2 rings (SSSR count). The maximum atomic E-state index is 5.93. The number of halogens is 1. The van der Waals surface area contributed by atoms with Crippen molar-refractivity contribution in [2.75, 3.05) is 12.5 Å². The van der Waals surface area contributed by atoms with E-state index in [1.807, 2.05) is 38.1 Å². The molecule has 0 heterocycles. The topological polar surface area (TPSA) is 18.5 Å². The average Bonchev–Trinajstić information content (AvgIpc) is 2.48. The summed E-state index contributed by atoms with van der Waals surface area (Å²) in [6.07, 6.45) is 3.35. The van der Waals surface area contributed by atoms with Crippen LogP contribution >= 0.6 is 11.6 Å². The fourth-order valence-electron chi connectivity index (χ4n) is 2.28. The maximum absolute atomic E-state index is 5.93. The highest BCUT2D eigenvalue weighted by atomic mass is 35.5. The molecule has 0 atom stereocenters. The molecule has 0 spiro atoms. The number of fused-ring (bicyclic) bond motifs is 1. The van der Waals surface area contributed by atoms with Gasteiger partial charge >= 0.3 is 0 Å². The number of rotatable bonds is 8. The molecule has 0 N–H and O–H groups in total. The molecule has 0 saturated heterocycles. The van der Waals surface area contributed by atoms with Gasteiger partial charge in [-0.25, -0.2) is 0 Å². The van der Waals surface area contributed by atoms with Gasteiger partial charge in [0, 0.05) is 16.7 Å². The van der Waals surface area contributed by atoms with Crippen LogP contribution in [0.1, 0.15) is 33.1 Å². The van der Waals surface area contributed by atoms with Crippen LogP contribution in [0.5, 0.6) is 11.5 Å².